The third kappa shape index (κ3) is 4.42. The third-order valence-electron chi connectivity index (χ3n) is 4.52. The minimum absolute atomic E-state index is 0.169. The Labute approximate surface area is 178 Å². The molecule has 2 heterocycles. The Balaban J connectivity index is 1.42. The Bertz CT molecular complexity index is 1140. The number of anilines is 1. The van der Waals surface area contributed by atoms with Crippen LogP contribution in [0.2, 0.25) is 0 Å². The van der Waals surface area contributed by atoms with Crippen molar-refractivity contribution in [3.05, 3.63) is 71.1 Å². The summed E-state index contributed by atoms with van der Waals surface area (Å²) < 4.78 is 38.5. The van der Waals surface area contributed by atoms with E-state index < -0.39 is 10.0 Å². The number of ether oxygens (including phenoxy) is 2. The molecule has 0 saturated heterocycles. The van der Waals surface area contributed by atoms with Crippen molar-refractivity contribution < 1.29 is 22.7 Å². The van der Waals surface area contributed by atoms with Crippen molar-refractivity contribution in [1.82, 2.24) is 4.90 Å². The van der Waals surface area contributed by atoms with Crippen LogP contribution in [0, 0.1) is 0 Å². The molecule has 0 aliphatic carbocycles. The molecule has 0 spiro atoms. The molecule has 4 rings (SSSR count). The van der Waals surface area contributed by atoms with E-state index in [1.807, 2.05) is 18.2 Å². The number of thiophene rings is 1. The summed E-state index contributed by atoms with van der Waals surface area (Å²) in [5, 5.41) is 1.70. The van der Waals surface area contributed by atoms with Gasteiger partial charge in [0.2, 0.25) is 0 Å². The Morgan fingerprint density at radius 3 is 2.50 bits per heavy atom. The number of amides is 1. The van der Waals surface area contributed by atoms with Gasteiger partial charge in [0.25, 0.3) is 15.9 Å². The predicted molar refractivity (Wildman–Crippen MR) is 115 cm³/mol. The summed E-state index contributed by atoms with van der Waals surface area (Å²) in [6.45, 7) is 1.44. The number of sulfonamides is 1. The monoisotopic (exact) mass is 444 g/mol. The normalized spacial score (nSPS) is 13.0. The summed E-state index contributed by atoms with van der Waals surface area (Å²) in [4.78, 5) is 14.3. The molecule has 3 aromatic rings. The largest absolute Gasteiger partial charge is 0.486 e. The van der Waals surface area contributed by atoms with Gasteiger partial charge in [-0.25, -0.2) is 8.42 Å². The number of hydrogen-bond acceptors (Lipinski definition) is 6. The van der Waals surface area contributed by atoms with Gasteiger partial charge in [0.05, 0.1) is 0 Å². The molecule has 0 bridgehead atoms. The van der Waals surface area contributed by atoms with Crippen LogP contribution in [-0.2, 0) is 16.6 Å². The second-order valence-corrected chi connectivity index (χ2v) is 9.61. The molecule has 0 saturated carbocycles. The maximum atomic E-state index is 12.8. The fourth-order valence-electron chi connectivity index (χ4n) is 3.05. The van der Waals surface area contributed by atoms with E-state index in [1.54, 1.807) is 47.7 Å². The van der Waals surface area contributed by atoms with Crippen LogP contribution in [0.5, 0.6) is 11.5 Å². The van der Waals surface area contributed by atoms with E-state index >= 15 is 0 Å². The van der Waals surface area contributed by atoms with Crippen LogP contribution in [0.1, 0.15) is 15.9 Å². The molecule has 0 unspecified atom stereocenters. The number of benzene rings is 2. The Hall–Kier alpha value is -3.04. The first-order valence-electron chi connectivity index (χ1n) is 9.23. The minimum atomic E-state index is -3.62. The average molecular weight is 445 g/mol. The van der Waals surface area contributed by atoms with E-state index in [1.165, 1.54) is 6.07 Å². The highest BCUT2D eigenvalue weighted by Crippen LogP contribution is 2.31. The molecular formula is C21H20N2O5S2. The Morgan fingerprint density at radius 2 is 1.80 bits per heavy atom. The highest BCUT2D eigenvalue weighted by atomic mass is 32.2. The molecule has 7 nitrogen and oxygen atoms in total. The van der Waals surface area contributed by atoms with Gasteiger partial charge < -0.3 is 14.4 Å². The molecule has 1 aliphatic rings. The summed E-state index contributed by atoms with van der Waals surface area (Å²) in [7, 11) is -1.90. The average Bonchev–Trinajstić information content (AvgIpc) is 3.29. The fourth-order valence-corrected chi connectivity index (χ4v) is 5.11. The number of carbonyl (C=O) groups excluding carboxylic acids is 1. The van der Waals surface area contributed by atoms with Gasteiger partial charge in [-0.15, -0.1) is 11.3 Å². The van der Waals surface area contributed by atoms with E-state index in [-0.39, 0.29) is 10.1 Å². The highest BCUT2D eigenvalue weighted by Gasteiger charge is 2.17. The number of rotatable bonds is 6. The van der Waals surface area contributed by atoms with Gasteiger partial charge in [-0.05, 0) is 53.4 Å². The first-order chi connectivity index (χ1) is 14.4. The van der Waals surface area contributed by atoms with Crippen molar-refractivity contribution >= 4 is 33.0 Å². The second kappa shape index (κ2) is 8.37. The van der Waals surface area contributed by atoms with Crippen molar-refractivity contribution in [3.63, 3.8) is 0 Å². The molecule has 156 valence electrons. The zero-order valence-electron chi connectivity index (χ0n) is 16.2. The molecular weight excluding hydrogens is 424 g/mol. The van der Waals surface area contributed by atoms with E-state index in [0.29, 0.717) is 42.5 Å². The van der Waals surface area contributed by atoms with Crippen molar-refractivity contribution in [1.29, 1.82) is 0 Å². The van der Waals surface area contributed by atoms with E-state index in [0.717, 1.165) is 16.9 Å². The topological polar surface area (TPSA) is 84.9 Å². The lowest BCUT2D eigenvalue weighted by atomic mass is 10.1. The summed E-state index contributed by atoms with van der Waals surface area (Å²) in [6.07, 6.45) is 0. The first-order valence-corrected chi connectivity index (χ1v) is 11.6. The molecule has 0 radical (unpaired) electrons. The van der Waals surface area contributed by atoms with Crippen LogP contribution in [0.4, 0.5) is 5.69 Å². The van der Waals surface area contributed by atoms with Crippen molar-refractivity contribution in [2.75, 3.05) is 25.0 Å². The lowest BCUT2D eigenvalue weighted by Crippen LogP contribution is -2.26. The molecule has 1 aliphatic heterocycles. The van der Waals surface area contributed by atoms with Gasteiger partial charge in [-0.3, -0.25) is 9.52 Å². The summed E-state index contributed by atoms with van der Waals surface area (Å²) in [5.74, 6) is 1.22. The zero-order chi connectivity index (χ0) is 21.1. The molecule has 1 amide bonds. The molecule has 9 heteroatoms. The van der Waals surface area contributed by atoms with Crippen molar-refractivity contribution in [2.45, 2.75) is 10.8 Å². The maximum Gasteiger partial charge on any atom is 0.271 e. The van der Waals surface area contributed by atoms with Crippen LogP contribution in [0.15, 0.2) is 64.2 Å². The maximum absolute atomic E-state index is 12.8. The zero-order valence-corrected chi connectivity index (χ0v) is 17.8. The van der Waals surface area contributed by atoms with E-state index in [9.17, 15) is 13.2 Å². The van der Waals surface area contributed by atoms with Gasteiger partial charge in [0, 0.05) is 24.8 Å². The SMILES string of the molecule is CN(Cc1ccc2c(c1)OCCO2)C(=O)c1ccc(NS(=O)(=O)c2cccs2)cc1. The number of carbonyl (C=O) groups is 1. The van der Waals surface area contributed by atoms with E-state index in [4.69, 9.17) is 9.47 Å². The van der Waals surface area contributed by atoms with Crippen LogP contribution in [0.3, 0.4) is 0 Å². The van der Waals surface area contributed by atoms with Gasteiger partial charge in [0.15, 0.2) is 11.5 Å². The lowest BCUT2D eigenvalue weighted by Gasteiger charge is -2.21. The Morgan fingerprint density at radius 1 is 1.07 bits per heavy atom. The number of nitrogens with zero attached hydrogens (tertiary/aromatic N) is 1. The molecule has 1 N–H and O–H groups in total. The van der Waals surface area contributed by atoms with E-state index in [2.05, 4.69) is 4.72 Å². The van der Waals surface area contributed by atoms with Crippen LogP contribution >= 0.6 is 11.3 Å². The standard InChI is InChI=1S/C21H20N2O5S2/c1-23(14-15-4-9-18-19(13-15)28-11-10-27-18)21(24)16-5-7-17(8-6-16)22-30(25,26)20-3-2-12-29-20/h2-9,12-13,22H,10-11,14H2,1H3. The number of nitrogens with one attached hydrogen (secondary N) is 1. The predicted octanol–water partition coefficient (Wildman–Crippen LogP) is 3.59. The number of hydrogen-bond donors (Lipinski definition) is 1. The Kier molecular flexibility index (Phi) is 5.65. The lowest BCUT2D eigenvalue weighted by molar-refractivity contribution is 0.0785. The second-order valence-electron chi connectivity index (χ2n) is 6.75. The number of fused-ring (bicyclic) bond motifs is 1. The smallest absolute Gasteiger partial charge is 0.271 e. The van der Waals surface area contributed by atoms with Crippen molar-refractivity contribution in [2.24, 2.45) is 0 Å². The van der Waals surface area contributed by atoms with Gasteiger partial charge in [0.1, 0.15) is 17.4 Å². The third-order valence-corrected chi connectivity index (χ3v) is 7.30. The van der Waals surface area contributed by atoms with Crippen molar-refractivity contribution in [3.8, 4) is 11.5 Å². The van der Waals surface area contributed by atoms with Gasteiger partial charge >= 0.3 is 0 Å². The fraction of sp³-hybridized carbons (Fsp3) is 0.190. The molecule has 0 fully saturated rings. The van der Waals surface area contributed by atoms with Crippen LogP contribution in [0.25, 0.3) is 0 Å². The van der Waals surface area contributed by atoms with Crippen LogP contribution in [-0.4, -0.2) is 39.5 Å². The molecule has 30 heavy (non-hydrogen) atoms. The molecule has 0 atom stereocenters. The van der Waals surface area contributed by atoms with Crippen LogP contribution < -0.4 is 14.2 Å². The van der Waals surface area contributed by atoms with Gasteiger partial charge in [-0.1, -0.05) is 12.1 Å². The highest BCUT2D eigenvalue weighted by molar-refractivity contribution is 7.94. The quantitative estimate of drug-likeness (QED) is 0.628. The summed E-state index contributed by atoms with van der Waals surface area (Å²) in [6, 6.07) is 15.2. The summed E-state index contributed by atoms with van der Waals surface area (Å²) >= 11 is 1.14. The van der Waals surface area contributed by atoms with Gasteiger partial charge in [-0.2, -0.15) is 0 Å². The minimum Gasteiger partial charge on any atom is -0.486 e. The summed E-state index contributed by atoms with van der Waals surface area (Å²) in [5.41, 5.74) is 1.79. The first kappa shape index (κ1) is 20.2. The molecule has 2 aromatic carbocycles. The molecule has 1 aromatic heterocycles.